The topological polar surface area (TPSA) is 78.8 Å². The molecule has 0 aromatic carbocycles. The van der Waals surface area contributed by atoms with Crippen molar-refractivity contribution in [2.75, 3.05) is 13.7 Å². The number of hydrogen-bond donors (Lipinski definition) is 3. The maximum atomic E-state index is 12.3. The molecule has 29 heavy (non-hydrogen) atoms. The SMILES string of the molecule is CCCCC[C@](C)(O)/C=C/[C@H]1[C@H](O)CC(=O)[C@@H]1C/C=C\CCCCOC(=S)NC. The normalized spacial score (nSPS) is 24.3. The number of rotatable bonds is 13. The lowest BCUT2D eigenvalue weighted by atomic mass is 9.88. The van der Waals surface area contributed by atoms with Gasteiger partial charge in [-0.3, -0.25) is 4.79 Å². The molecule has 4 atom stereocenters. The van der Waals surface area contributed by atoms with Gasteiger partial charge in [-0.2, -0.15) is 0 Å². The van der Waals surface area contributed by atoms with Gasteiger partial charge in [-0.15, -0.1) is 0 Å². The Bertz CT molecular complexity index is 559. The van der Waals surface area contributed by atoms with E-state index in [0.29, 0.717) is 24.6 Å². The van der Waals surface area contributed by atoms with Gasteiger partial charge in [0.15, 0.2) is 0 Å². The van der Waals surface area contributed by atoms with Crippen LogP contribution in [0.25, 0.3) is 0 Å². The second kappa shape index (κ2) is 13.9. The minimum Gasteiger partial charge on any atom is -0.471 e. The summed E-state index contributed by atoms with van der Waals surface area (Å²) < 4.78 is 5.30. The van der Waals surface area contributed by atoms with E-state index < -0.39 is 11.7 Å². The number of carbonyl (C=O) groups excluding carboxylic acids is 1. The molecular formula is C23H39NO4S. The van der Waals surface area contributed by atoms with Crippen LogP contribution in [0.5, 0.6) is 0 Å². The summed E-state index contributed by atoms with van der Waals surface area (Å²) in [5.41, 5.74) is -0.890. The molecule has 1 aliphatic rings. The minimum atomic E-state index is -0.890. The average Bonchev–Trinajstić information content (AvgIpc) is 2.94. The molecule has 0 spiro atoms. The van der Waals surface area contributed by atoms with Crippen LogP contribution in [0.1, 0.15) is 71.6 Å². The highest BCUT2D eigenvalue weighted by Crippen LogP contribution is 2.34. The zero-order valence-corrected chi connectivity index (χ0v) is 19.0. The monoisotopic (exact) mass is 425 g/mol. The van der Waals surface area contributed by atoms with Crippen molar-refractivity contribution in [1.29, 1.82) is 0 Å². The third-order valence-corrected chi connectivity index (χ3v) is 5.78. The van der Waals surface area contributed by atoms with E-state index in [-0.39, 0.29) is 24.0 Å². The third-order valence-electron chi connectivity index (χ3n) is 5.46. The molecule has 3 N–H and O–H groups in total. The molecule has 1 aliphatic carbocycles. The largest absolute Gasteiger partial charge is 0.471 e. The lowest BCUT2D eigenvalue weighted by Crippen LogP contribution is -2.23. The van der Waals surface area contributed by atoms with E-state index in [9.17, 15) is 15.0 Å². The van der Waals surface area contributed by atoms with E-state index >= 15 is 0 Å². The third kappa shape index (κ3) is 10.4. The Morgan fingerprint density at radius 3 is 2.76 bits per heavy atom. The van der Waals surface area contributed by atoms with E-state index in [1.807, 2.05) is 12.2 Å². The number of allylic oxidation sites excluding steroid dienone is 2. The van der Waals surface area contributed by atoms with Gasteiger partial charge in [0.25, 0.3) is 5.17 Å². The second-order valence-corrected chi connectivity index (χ2v) is 8.55. The highest BCUT2D eigenvalue weighted by Gasteiger charge is 2.39. The summed E-state index contributed by atoms with van der Waals surface area (Å²) in [5, 5.41) is 24.0. The Balaban J connectivity index is 2.44. The van der Waals surface area contributed by atoms with Crippen LogP contribution in [-0.4, -0.2) is 46.5 Å². The fourth-order valence-corrected chi connectivity index (χ4v) is 3.71. The molecule has 6 heteroatoms. The fourth-order valence-electron chi connectivity index (χ4n) is 3.62. The first-order valence-electron chi connectivity index (χ1n) is 10.9. The highest BCUT2D eigenvalue weighted by atomic mass is 32.1. The zero-order valence-electron chi connectivity index (χ0n) is 18.2. The van der Waals surface area contributed by atoms with Gasteiger partial charge in [-0.1, -0.05) is 50.5 Å². The summed E-state index contributed by atoms with van der Waals surface area (Å²) in [6.07, 6.45) is 14.7. The Kier molecular flexibility index (Phi) is 12.4. The molecule has 1 saturated carbocycles. The fraction of sp³-hybridized carbons (Fsp3) is 0.739. The van der Waals surface area contributed by atoms with Gasteiger partial charge in [0.05, 0.1) is 18.3 Å². The van der Waals surface area contributed by atoms with Crippen molar-refractivity contribution in [1.82, 2.24) is 5.32 Å². The summed E-state index contributed by atoms with van der Waals surface area (Å²) in [5.74, 6) is -0.322. The standard InChI is InChI=1S/C23H39NO4S/c1-4-5-10-14-23(2,27)15-13-19-18(20(25)17-21(19)26)12-9-7-6-8-11-16-28-22(29)24-3/h7,9,13,15,18-19,21,26-27H,4-6,8,10-12,14,16-17H2,1-3H3,(H,24,29)/b9-7-,15-13+/t18-,19-,21-,23+/m1/s1. The van der Waals surface area contributed by atoms with Gasteiger partial charge in [0.2, 0.25) is 0 Å². The molecule has 0 saturated heterocycles. The molecule has 5 nitrogen and oxygen atoms in total. The molecule has 0 amide bonds. The van der Waals surface area contributed by atoms with Gasteiger partial charge < -0.3 is 20.3 Å². The zero-order chi connectivity index (χ0) is 21.7. The maximum Gasteiger partial charge on any atom is 0.256 e. The first-order valence-corrected chi connectivity index (χ1v) is 11.3. The first-order chi connectivity index (χ1) is 13.8. The number of nitrogens with one attached hydrogen (secondary N) is 1. The van der Waals surface area contributed by atoms with E-state index in [2.05, 4.69) is 18.3 Å². The molecule has 1 rings (SSSR count). The minimum absolute atomic E-state index is 0.108. The molecule has 0 bridgehead atoms. The molecule has 166 valence electrons. The Morgan fingerprint density at radius 2 is 2.07 bits per heavy atom. The van der Waals surface area contributed by atoms with E-state index in [4.69, 9.17) is 17.0 Å². The number of unbranched alkanes of at least 4 members (excludes halogenated alkanes) is 4. The summed E-state index contributed by atoms with van der Waals surface area (Å²) in [4.78, 5) is 12.3. The molecule has 1 fully saturated rings. The summed E-state index contributed by atoms with van der Waals surface area (Å²) in [6, 6.07) is 0. The molecule has 0 heterocycles. The van der Waals surface area contributed by atoms with Crippen molar-refractivity contribution < 1.29 is 19.7 Å². The number of thiocarbonyl (C=S) groups is 1. The van der Waals surface area contributed by atoms with Gasteiger partial charge in [-0.25, -0.2) is 0 Å². The second-order valence-electron chi connectivity index (χ2n) is 8.18. The van der Waals surface area contributed by atoms with Crippen molar-refractivity contribution in [3.63, 3.8) is 0 Å². The Labute approximate surface area is 181 Å². The Morgan fingerprint density at radius 1 is 1.31 bits per heavy atom. The molecule has 0 aromatic heterocycles. The number of aliphatic hydroxyl groups excluding tert-OH is 1. The van der Waals surface area contributed by atoms with Gasteiger partial charge in [0, 0.05) is 25.3 Å². The van der Waals surface area contributed by atoms with Crippen molar-refractivity contribution in [2.45, 2.75) is 83.3 Å². The van der Waals surface area contributed by atoms with Crippen LogP contribution in [0.3, 0.4) is 0 Å². The van der Waals surface area contributed by atoms with Crippen LogP contribution in [0.15, 0.2) is 24.3 Å². The van der Waals surface area contributed by atoms with Gasteiger partial charge in [-0.05, 0) is 51.2 Å². The van der Waals surface area contributed by atoms with E-state index in [1.165, 1.54) is 0 Å². The number of carbonyl (C=O) groups is 1. The first kappa shape index (κ1) is 25.8. The van der Waals surface area contributed by atoms with Crippen molar-refractivity contribution in [3.8, 4) is 0 Å². The van der Waals surface area contributed by atoms with Crippen LogP contribution in [-0.2, 0) is 9.53 Å². The smallest absolute Gasteiger partial charge is 0.256 e. The number of hydrogen-bond acceptors (Lipinski definition) is 5. The molecule has 0 aromatic rings. The Hall–Kier alpha value is -1.24. The highest BCUT2D eigenvalue weighted by molar-refractivity contribution is 7.80. The van der Waals surface area contributed by atoms with Crippen LogP contribution in [0.4, 0.5) is 0 Å². The number of ketones is 1. The lowest BCUT2D eigenvalue weighted by Gasteiger charge is -2.21. The van der Waals surface area contributed by atoms with Gasteiger partial charge in [0.1, 0.15) is 5.78 Å². The van der Waals surface area contributed by atoms with Crippen molar-refractivity contribution in [2.24, 2.45) is 11.8 Å². The molecule has 0 aliphatic heterocycles. The van der Waals surface area contributed by atoms with E-state index in [1.54, 1.807) is 20.0 Å². The van der Waals surface area contributed by atoms with Crippen LogP contribution in [0, 0.1) is 11.8 Å². The van der Waals surface area contributed by atoms with Crippen LogP contribution >= 0.6 is 12.2 Å². The predicted octanol–water partition coefficient (Wildman–Crippen LogP) is 4.08. The molecular weight excluding hydrogens is 386 g/mol. The molecule has 0 unspecified atom stereocenters. The van der Waals surface area contributed by atoms with E-state index in [0.717, 1.165) is 38.5 Å². The summed E-state index contributed by atoms with van der Waals surface area (Å²) >= 11 is 4.92. The van der Waals surface area contributed by atoms with Crippen LogP contribution in [0.2, 0.25) is 0 Å². The summed E-state index contributed by atoms with van der Waals surface area (Å²) in [6.45, 7) is 4.53. The number of ether oxygens (including phenoxy) is 1. The predicted molar refractivity (Wildman–Crippen MR) is 122 cm³/mol. The van der Waals surface area contributed by atoms with Gasteiger partial charge >= 0.3 is 0 Å². The number of Topliss-reactive ketones (excluding diaryl/α,β-unsaturated/α-hetero) is 1. The quantitative estimate of drug-likeness (QED) is 0.234. The summed E-state index contributed by atoms with van der Waals surface area (Å²) in [7, 11) is 1.74. The molecule has 0 radical (unpaired) electrons. The van der Waals surface area contributed by atoms with Crippen molar-refractivity contribution >= 4 is 23.2 Å². The number of aliphatic hydroxyl groups is 2. The van der Waals surface area contributed by atoms with Crippen molar-refractivity contribution in [3.05, 3.63) is 24.3 Å². The van der Waals surface area contributed by atoms with Crippen LogP contribution < -0.4 is 5.32 Å². The lowest BCUT2D eigenvalue weighted by molar-refractivity contribution is -0.121. The average molecular weight is 426 g/mol. The maximum absolute atomic E-state index is 12.3.